The zero-order valence-corrected chi connectivity index (χ0v) is 12.1. The Balaban J connectivity index is 2.05. The molecule has 0 aliphatic carbocycles. The number of rotatable bonds is 4. The molecule has 2 rings (SSSR count). The van der Waals surface area contributed by atoms with Crippen molar-refractivity contribution < 1.29 is 8.42 Å². The smallest absolute Gasteiger partial charge is 0.264 e. The molecule has 1 aromatic heterocycles. The third kappa shape index (κ3) is 3.75. The summed E-state index contributed by atoms with van der Waals surface area (Å²) in [6, 6.07) is 3.71. The molecule has 1 saturated heterocycles. The lowest BCUT2D eigenvalue weighted by molar-refractivity contribution is 0.363. The topological polar surface area (TPSA) is 53.5 Å². The quantitative estimate of drug-likeness (QED) is 0.844. The van der Waals surface area contributed by atoms with E-state index < -0.39 is 10.2 Å². The van der Waals surface area contributed by atoms with E-state index >= 15 is 0 Å². The van der Waals surface area contributed by atoms with Crippen LogP contribution < -0.4 is 0 Å². The molecule has 0 bridgehead atoms. The first kappa shape index (κ1) is 14.4. The highest BCUT2D eigenvalue weighted by atomic mass is 32.2. The number of hydrogen-bond acceptors (Lipinski definition) is 3. The van der Waals surface area contributed by atoms with Crippen molar-refractivity contribution in [3.05, 3.63) is 30.1 Å². The summed E-state index contributed by atoms with van der Waals surface area (Å²) in [6.45, 7) is 1.64. The lowest BCUT2D eigenvalue weighted by atomic mass is 10.2. The fourth-order valence-corrected chi connectivity index (χ4v) is 3.73. The first-order valence-electron chi connectivity index (χ1n) is 6.71. The normalized spacial score (nSPS) is 18.4. The predicted octanol–water partition coefficient (Wildman–Crippen LogP) is 1.63. The number of aromatic nitrogens is 1. The van der Waals surface area contributed by atoms with E-state index in [1.807, 2.05) is 12.1 Å². The van der Waals surface area contributed by atoms with Gasteiger partial charge < -0.3 is 0 Å². The van der Waals surface area contributed by atoms with Crippen molar-refractivity contribution in [2.45, 2.75) is 32.2 Å². The molecule has 19 heavy (non-hydrogen) atoms. The SMILES string of the molecule is CN(Cc1cccnc1)S(=O)(=O)N1CCCCCC1. The van der Waals surface area contributed by atoms with E-state index in [2.05, 4.69) is 4.98 Å². The Morgan fingerprint density at radius 3 is 2.53 bits per heavy atom. The van der Waals surface area contributed by atoms with Crippen LogP contribution in [0.15, 0.2) is 24.5 Å². The van der Waals surface area contributed by atoms with E-state index in [9.17, 15) is 8.42 Å². The van der Waals surface area contributed by atoms with Crippen LogP contribution in [0.25, 0.3) is 0 Å². The summed E-state index contributed by atoms with van der Waals surface area (Å²) in [5, 5.41) is 0. The minimum Gasteiger partial charge on any atom is -0.264 e. The third-order valence-electron chi connectivity index (χ3n) is 3.41. The van der Waals surface area contributed by atoms with Crippen LogP contribution in [0, 0.1) is 0 Å². The van der Waals surface area contributed by atoms with E-state index in [4.69, 9.17) is 0 Å². The Labute approximate surface area is 115 Å². The Bertz CT molecular complexity index is 482. The number of nitrogens with zero attached hydrogens (tertiary/aromatic N) is 3. The van der Waals surface area contributed by atoms with E-state index in [0.717, 1.165) is 31.2 Å². The maximum Gasteiger partial charge on any atom is 0.282 e. The molecule has 0 spiro atoms. The molecule has 0 aromatic carbocycles. The van der Waals surface area contributed by atoms with Crippen LogP contribution >= 0.6 is 0 Å². The van der Waals surface area contributed by atoms with E-state index in [0.29, 0.717) is 19.6 Å². The minimum atomic E-state index is -3.34. The molecule has 0 amide bonds. The molecule has 0 N–H and O–H groups in total. The summed E-state index contributed by atoms with van der Waals surface area (Å²) in [6.07, 6.45) is 7.55. The summed E-state index contributed by atoms with van der Waals surface area (Å²) >= 11 is 0. The maximum absolute atomic E-state index is 12.5. The summed E-state index contributed by atoms with van der Waals surface area (Å²) < 4.78 is 28.0. The molecule has 0 atom stereocenters. The van der Waals surface area contributed by atoms with Gasteiger partial charge in [-0.3, -0.25) is 4.98 Å². The molecule has 1 aromatic rings. The first-order chi connectivity index (χ1) is 9.10. The van der Waals surface area contributed by atoms with Gasteiger partial charge in [0.15, 0.2) is 0 Å². The average Bonchev–Trinajstić information content (AvgIpc) is 2.69. The Morgan fingerprint density at radius 2 is 1.95 bits per heavy atom. The second kappa shape index (κ2) is 6.45. The van der Waals surface area contributed by atoms with Crippen molar-refractivity contribution in [1.29, 1.82) is 0 Å². The van der Waals surface area contributed by atoms with Gasteiger partial charge in [0.1, 0.15) is 0 Å². The zero-order valence-electron chi connectivity index (χ0n) is 11.3. The van der Waals surface area contributed by atoms with Gasteiger partial charge in [-0.1, -0.05) is 18.9 Å². The van der Waals surface area contributed by atoms with E-state index in [1.54, 1.807) is 23.7 Å². The fraction of sp³-hybridized carbons (Fsp3) is 0.615. The van der Waals surface area contributed by atoms with Gasteiger partial charge in [-0.15, -0.1) is 0 Å². The number of hydrogen-bond donors (Lipinski definition) is 0. The van der Waals surface area contributed by atoms with Gasteiger partial charge in [0, 0.05) is 39.1 Å². The Morgan fingerprint density at radius 1 is 1.26 bits per heavy atom. The molecule has 1 aliphatic heterocycles. The standard InChI is InChI=1S/C13H21N3O2S/c1-15(12-13-7-6-8-14-11-13)19(17,18)16-9-4-2-3-5-10-16/h6-8,11H,2-5,9-10,12H2,1H3. The van der Waals surface area contributed by atoms with Crippen LogP contribution in [0.3, 0.4) is 0 Å². The van der Waals surface area contributed by atoms with Crippen LogP contribution in [-0.2, 0) is 16.8 Å². The molecule has 1 fully saturated rings. The maximum atomic E-state index is 12.5. The second-order valence-corrected chi connectivity index (χ2v) is 6.97. The molecule has 0 saturated carbocycles. The molecule has 0 radical (unpaired) electrons. The fourth-order valence-electron chi connectivity index (χ4n) is 2.30. The molecular formula is C13H21N3O2S. The molecule has 1 aliphatic rings. The van der Waals surface area contributed by atoms with Crippen molar-refractivity contribution >= 4 is 10.2 Å². The van der Waals surface area contributed by atoms with Gasteiger partial charge in [-0.25, -0.2) is 0 Å². The lowest BCUT2D eigenvalue weighted by Gasteiger charge is -2.26. The second-order valence-electron chi connectivity index (χ2n) is 4.94. The highest BCUT2D eigenvalue weighted by molar-refractivity contribution is 7.86. The van der Waals surface area contributed by atoms with Gasteiger partial charge in [-0.05, 0) is 24.5 Å². The van der Waals surface area contributed by atoms with Gasteiger partial charge in [0.25, 0.3) is 10.2 Å². The molecule has 106 valence electrons. The number of pyridine rings is 1. The molecule has 6 heteroatoms. The largest absolute Gasteiger partial charge is 0.282 e. The van der Waals surface area contributed by atoms with Gasteiger partial charge in [0.05, 0.1) is 0 Å². The lowest BCUT2D eigenvalue weighted by Crippen LogP contribution is -2.42. The summed E-state index contributed by atoms with van der Waals surface area (Å²) in [7, 11) is -1.71. The van der Waals surface area contributed by atoms with Crippen LogP contribution in [0.5, 0.6) is 0 Å². The summed E-state index contributed by atoms with van der Waals surface area (Å²) in [5.41, 5.74) is 0.906. The van der Waals surface area contributed by atoms with Gasteiger partial charge in [0.2, 0.25) is 0 Å². The van der Waals surface area contributed by atoms with Gasteiger partial charge in [-0.2, -0.15) is 17.0 Å². The van der Waals surface area contributed by atoms with Crippen molar-refractivity contribution in [3.63, 3.8) is 0 Å². The zero-order chi connectivity index (χ0) is 13.7. The van der Waals surface area contributed by atoms with Crippen molar-refractivity contribution in [1.82, 2.24) is 13.6 Å². The molecule has 5 nitrogen and oxygen atoms in total. The van der Waals surface area contributed by atoms with Crippen LogP contribution in [-0.4, -0.2) is 42.1 Å². The van der Waals surface area contributed by atoms with E-state index in [-0.39, 0.29) is 0 Å². The monoisotopic (exact) mass is 283 g/mol. The minimum absolute atomic E-state index is 0.368. The molecule has 2 heterocycles. The first-order valence-corrected chi connectivity index (χ1v) is 8.11. The Kier molecular flexibility index (Phi) is 4.90. The average molecular weight is 283 g/mol. The van der Waals surface area contributed by atoms with Crippen molar-refractivity contribution in [2.24, 2.45) is 0 Å². The van der Waals surface area contributed by atoms with Gasteiger partial charge >= 0.3 is 0 Å². The van der Waals surface area contributed by atoms with Crippen LogP contribution in [0.2, 0.25) is 0 Å². The Hall–Kier alpha value is -0.980. The highest BCUT2D eigenvalue weighted by Gasteiger charge is 2.27. The summed E-state index contributed by atoms with van der Waals surface area (Å²) in [5.74, 6) is 0. The molecule has 0 unspecified atom stereocenters. The van der Waals surface area contributed by atoms with Crippen molar-refractivity contribution in [2.75, 3.05) is 20.1 Å². The predicted molar refractivity (Wildman–Crippen MR) is 74.7 cm³/mol. The third-order valence-corrected chi connectivity index (χ3v) is 5.35. The van der Waals surface area contributed by atoms with E-state index in [1.165, 1.54) is 4.31 Å². The molecular weight excluding hydrogens is 262 g/mol. The van der Waals surface area contributed by atoms with Crippen LogP contribution in [0.4, 0.5) is 0 Å². The highest BCUT2D eigenvalue weighted by Crippen LogP contribution is 2.16. The van der Waals surface area contributed by atoms with Crippen LogP contribution in [0.1, 0.15) is 31.2 Å². The summed E-state index contributed by atoms with van der Waals surface area (Å²) in [4.78, 5) is 4.01. The van der Waals surface area contributed by atoms with Crippen molar-refractivity contribution in [3.8, 4) is 0 Å².